The smallest absolute Gasteiger partial charge is 0.427 e. The third-order valence-electron chi connectivity index (χ3n) is 3.73. The fourth-order valence-electron chi connectivity index (χ4n) is 2.69. The van der Waals surface area contributed by atoms with Gasteiger partial charge in [0.2, 0.25) is 6.29 Å². The third-order valence-corrected chi connectivity index (χ3v) is 4.44. The maximum absolute atomic E-state index is 12.1. The lowest BCUT2D eigenvalue weighted by atomic mass is 10.1. The first-order valence-electron chi connectivity index (χ1n) is 7.42. The van der Waals surface area contributed by atoms with Gasteiger partial charge in [0.05, 0.1) is 6.42 Å². The van der Waals surface area contributed by atoms with E-state index >= 15 is 0 Å². The molecule has 1 aliphatic heterocycles. The van der Waals surface area contributed by atoms with Crippen LogP contribution in [0.1, 0.15) is 12.6 Å². The van der Waals surface area contributed by atoms with Gasteiger partial charge in [0, 0.05) is 19.4 Å². The maximum Gasteiger partial charge on any atom is 0.582 e. The number of nitrogens with one attached hydrogen (secondary N) is 1. The highest BCUT2D eigenvalue weighted by Crippen LogP contribution is 2.41. The molecule has 2 unspecified atom stereocenters. The molecule has 1 fully saturated rings. The Kier molecular flexibility index (Phi) is 7.68. The molecule has 2 rings (SSSR count). The second-order valence-electron chi connectivity index (χ2n) is 5.22. The molecule has 5 atom stereocenters. The Hall–Kier alpha value is -2.05. The summed E-state index contributed by atoms with van der Waals surface area (Å²) >= 11 is 3.70. The number of ether oxygens (including phenoxy) is 4. The summed E-state index contributed by atoms with van der Waals surface area (Å²) in [6, 6.07) is 1.10. The monoisotopic (exact) mass is 423 g/mol. The number of aromatic amines is 1. The highest BCUT2D eigenvalue weighted by atomic mass is 32.7. The first-order chi connectivity index (χ1) is 12.9. The fourth-order valence-corrected chi connectivity index (χ4v) is 3.48. The Labute approximate surface area is 157 Å². The van der Waals surface area contributed by atoms with Crippen LogP contribution < -0.4 is 11.2 Å². The van der Waals surface area contributed by atoms with Gasteiger partial charge in [-0.15, -0.1) is 4.52 Å². The van der Waals surface area contributed by atoms with Gasteiger partial charge in [-0.05, 0) is 4.57 Å². The SMILES string of the molecule is COC1[C@@H](O[P+](=O)S)[C@@H](CC(OC=O)OC=O)O[C@H]1n1ccc(=O)[nH]c1=O. The van der Waals surface area contributed by atoms with Crippen molar-refractivity contribution in [2.24, 2.45) is 0 Å². The number of rotatable bonds is 10. The lowest BCUT2D eigenvalue weighted by Crippen LogP contribution is -2.39. The van der Waals surface area contributed by atoms with Crippen LogP contribution >= 0.6 is 19.5 Å². The minimum atomic E-state index is -2.39. The van der Waals surface area contributed by atoms with E-state index in [1.807, 2.05) is 0 Å². The molecule has 1 aromatic heterocycles. The van der Waals surface area contributed by atoms with Crippen LogP contribution in [0.3, 0.4) is 0 Å². The summed E-state index contributed by atoms with van der Waals surface area (Å²) in [6.45, 7) is 0.158. The van der Waals surface area contributed by atoms with E-state index in [9.17, 15) is 23.7 Å². The number of hydrogen-bond acceptors (Lipinski definition) is 10. The summed E-state index contributed by atoms with van der Waals surface area (Å²) in [6.07, 6.45) is -4.32. The largest absolute Gasteiger partial charge is 0.582 e. The van der Waals surface area contributed by atoms with Crippen molar-refractivity contribution in [3.8, 4) is 0 Å². The van der Waals surface area contributed by atoms with Crippen LogP contribution in [-0.4, -0.2) is 54.2 Å². The van der Waals surface area contributed by atoms with Gasteiger partial charge in [0.1, 0.15) is 24.5 Å². The van der Waals surface area contributed by atoms with Gasteiger partial charge in [0.25, 0.3) is 18.5 Å². The summed E-state index contributed by atoms with van der Waals surface area (Å²) in [7, 11) is -1.08. The molecule has 1 saturated heterocycles. The van der Waals surface area contributed by atoms with E-state index in [1.165, 1.54) is 13.3 Å². The van der Waals surface area contributed by atoms with Crippen molar-refractivity contribution in [1.29, 1.82) is 0 Å². The van der Waals surface area contributed by atoms with Crippen LogP contribution in [0.2, 0.25) is 0 Å². The van der Waals surface area contributed by atoms with Gasteiger partial charge in [-0.25, -0.2) is 4.79 Å². The topological polar surface area (TPSA) is 152 Å². The molecule has 2 heterocycles. The summed E-state index contributed by atoms with van der Waals surface area (Å²) in [4.78, 5) is 46.5. The van der Waals surface area contributed by atoms with E-state index < -0.39 is 49.3 Å². The van der Waals surface area contributed by atoms with Crippen LogP contribution in [0, 0.1) is 0 Å². The number of aromatic nitrogens is 2. The predicted molar refractivity (Wildman–Crippen MR) is 90.2 cm³/mol. The Morgan fingerprint density at radius 2 is 2.00 bits per heavy atom. The molecule has 1 aliphatic rings. The lowest BCUT2D eigenvalue weighted by Gasteiger charge is -2.20. The molecule has 0 aliphatic carbocycles. The van der Waals surface area contributed by atoms with Crippen molar-refractivity contribution in [3.63, 3.8) is 0 Å². The minimum Gasteiger partial charge on any atom is -0.427 e. The molecule has 1 aromatic rings. The number of hydrogen-bond donors (Lipinski definition) is 2. The molecule has 12 nitrogen and oxygen atoms in total. The van der Waals surface area contributed by atoms with Crippen molar-refractivity contribution < 1.29 is 37.6 Å². The van der Waals surface area contributed by atoms with Crippen molar-refractivity contribution in [3.05, 3.63) is 33.1 Å². The van der Waals surface area contributed by atoms with E-state index in [1.54, 1.807) is 0 Å². The van der Waals surface area contributed by atoms with Crippen LogP contribution in [0.5, 0.6) is 0 Å². The highest BCUT2D eigenvalue weighted by Gasteiger charge is 2.51. The average Bonchev–Trinajstić information content (AvgIpc) is 2.92. The van der Waals surface area contributed by atoms with E-state index in [2.05, 4.69) is 26.7 Å². The van der Waals surface area contributed by atoms with Gasteiger partial charge in [-0.2, -0.15) is 0 Å². The van der Waals surface area contributed by atoms with Crippen LogP contribution in [-0.2, 0) is 37.6 Å². The van der Waals surface area contributed by atoms with E-state index in [-0.39, 0.29) is 19.4 Å². The van der Waals surface area contributed by atoms with Crippen molar-refractivity contribution in [2.75, 3.05) is 7.11 Å². The molecule has 0 aromatic carbocycles. The second kappa shape index (κ2) is 9.76. The van der Waals surface area contributed by atoms with Crippen molar-refractivity contribution in [1.82, 2.24) is 9.55 Å². The second-order valence-corrected chi connectivity index (χ2v) is 6.89. The minimum absolute atomic E-state index is 0.0792. The van der Waals surface area contributed by atoms with E-state index in [4.69, 9.17) is 14.0 Å². The van der Waals surface area contributed by atoms with Crippen LogP contribution in [0.15, 0.2) is 21.9 Å². The van der Waals surface area contributed by atoms with Gasteiger partial charge >= 0.3 is 12.9 Å². The zero-order chi connectivity index (χ0) is 20.0. The predicted octanol–water partition coefficient (Wildman–Crippen LogP) is -0.516. The lowest BCUT2D eigenvalue weighted by molar-refractivity contribution is -0.177. The van der Waals surface area contributed by atoms with Crippen LogP contribution in [0.25, 0.3) is 0 Å². The van der Waals surface area contributed by atoms with Crippen molar-refractivity contribution in [2.45, 2.75) is 37.3 Å². The summed E-state index contributed by atoms with van der Waals surface area (Å²) in [5.41, 5.74) is -1.38. The van der Waals surface area contributed by atoms with E-state index in [0.717, 1.165) is 10.6 Å². The summed E-state index contributed by atoms with van der Waals surface area (Å²) in [5, 5.41) is 0. The number of carbonyl (C=O) groups excluding carboxylic acids is 2. The first kappa shape index (κ1) is 21.3. The molecule has 148 valence electrons. The average molecular weight is 423 g/mol. The third kappa shape index (κ3) is 5.23. The maximum atomic E-state index is 12.1. The first-order valence-corrected chi connectivity index (χ1v) is 9.75. The molecule has 0 saturated carbocycles. The van der Waals surface area contributed by atoms with E-state index in [0.29, 0.717) is 0 Å². The Bertz CT molecular complexity index is 788. The van der Waals surface area contributed by atoms with Crippen LogP contribution in [0.4, 0.5) is 0 Å². The number of H-pyrrole nitrogens is 1. The number of methoxy groups -OCH3 is 1. The van der Waals surface area contributed by atoms with Gasteiger partial charge < -0.3 is 18.9 Å². The molecular weight excluding hydrogens is 407 g/mol. The number of carbonyl (C=O) groups is 2. The Balaban J connectivity index is 2.35. The van der Waals surface area contributed by atoms with Gasteiger partial charge in [-0.1, -0.05) is 0 Å². The zero-order valence-electron chi connectivity index (χ0n) is 13.8. The normalized spacial score (nSPS) is 25.2. The number of nitrogens with zero attached hydrogens (tertiary/aromatic N) is 1. The quantitative estimate of drug-likeness (QED) is 0.218. The molecule has 0 spiro atoms. The Morgan fingerprint density at radius 3 is 2.52 bits per heavy atom. The van der Waals surface area contributed by atoms with Gasteiger partial charge in [-0.3, -0.25) is 23.9 Å². The zero-order valence-corrected chi connectivity index (χ0v) is 15.6. The molecular formula is C13H16N2O10PS+. The summed E-state index contributed by atoms with van der Waals surface area (Å²) < 4.78 is 38.1. The molecule has 0 amide bonds. The Morgan fingerprint density at radius 1 is 1.33 bits per heavy atom. The highest BCUT2D eigenvalue weighted by molar-refractivity contribution is 8.39. The molecule has 27 heavy (non-hydrogen) atoms. The molecule has 0 bridgehead atoms. The standard InChI is InChI=1S/C13H15N2O10PS/c1-21-11-10(25-26(20)27)7(4-9(22-5-16)23-6-17)24-12(11)15-3-2-8(18)14-13(15)19/h2-3,5-7,9-12H,4H2,1H3,(H-,14,18,19,20,27)/p+1/t7-,10+,11?,12-/m1/s1. The van der Waals surface area contributed by atoms with Crippen molar-refractivity contribution >= 4 is 32.4 Å². The summed E-state index contributed by atoms with van der Waals surface area (Å²) in [5.74, 6) is 0. The molecule has 0 radical (unpaired) electrons. The molecule has 1 N–H and O–H groups in total. The molecule has 14 heteroatoms. The fraction of sp³-hybridized carbons (Fsp3) is 0.538. The number of thiol groups is 1. The van der Waals surface area contributed by atoms with Gasteiger partial charge in [0.15, 0.2) is 12.3 Å².